The van der Waals surface area contributed by atoms with Gasteiger partial charge in [-0.25, -0.2) is 0 Å². The Hall–Kier alpha value is -1.61. The largest absolute Gasteiger partial charge is 0.361 e. The molecule has 0 unspecified atom stereocenters. The van der Waals surface area contributed by atoms with Crippen LogP contribution in [-0.2, 0) is 16.0 Å². The fourth-order valence-corrected chi connectivity index (χ4v) is 2.83. The van der Waals surface area contributed by atoms with Crippen molar-refractivity contribution in [3.8, 4) is 0 Å². The fourth-order valence-electron chi connectivity index (χ4n) is 2.52. The van der Waals surface area contributed by atoms with Crippen molar-refractivity contribution in [2.24, 2.45) is 5.41 Å². The van der Waals surface area contributed by atoms with Crippen LogP contribution >= 0.6 is 11.6 Å². The average Bonchev–Trinajstić information content (AvgIpc) is 2.36. The van der Waals surface area contributed by atoms with E-state index in [0.29, 0.717) is 17.9 Å². The Balaban J connectivity index is 2.16. The van der Waals surface area contributed by atoms with Crippen LogP contribution in [0.1, 0.15) is 39.2 Å². The molecule has 0 radical (unpaired) electrons. The third kappa shape index (κ3) is 3.73. The van der Waals surface area contributed by atoms with Gasteiger partial charge in [-0.15, -0.1) is 0 Å². The first-order valence-electron chi connectivity index (χ1n) is 7.14. The fraction of sp³-hybridized carbons (Fsp3) is 0.412. The second kappa shape index (κ2) is 6.02. The van der Waals surface area contributed by atoms with Gasteiger partial charge in [0.15, 0.2) is 11.6 Å². The molecular formula is C17H20ClNO2. The number of benzene rings is 1. The molecule has 0 aliphatic heterocycles. The van der Waals surface area contributed by atoms with Crippen molar-refractivity contribution in [2.45, 2.75) is 40.0 Å². The van der Waals surface area contributed by atoms with Gasteiger partial charge in [-0.1, -0.05) is 38.4 Å². The van der Waals surface area contributed by atoms with Crippen LogP contribution in [0.25, 0.3) is 0 Å². The molecule has 21 heavy (non-hydrogen) atoms. The molecule has 2 rings (SSSR count). The lowest BCUT2D eigenvalue weighted by Crippen LogP contribution is -2.31. The first kappa shape index (κ1) is 15.8. The summed E-state index contributed by atoms with van der Waals surface area (Å²) >= 11 is 6.15. The smallest absolute Gasteiger partial charge is 0.168 e. The Morgan fingerprint density at radius 3 is 2.38 bits per heavy atom. The van der Waals surface area contributed by atoms with Gasteiger partial charge in [0.05, 0.1) is 5.57 Å². The summed E-state index contributed by atoms with van der Waals surface area (Å²) in [6.07, 6.45) is 3.19. The lowest BCUT2D eigenvalue weighted by Gasteiger charge is -2.28. The van der Waals surface area contributed by atoms with Gasteiger partial charge < -0.3 is 5.32 Å². The summed E-state index contributed by atoms with van der Waals surface area (Å²) in [6.45, 7) is 5.92. The van der Waals surface area contributed by atoms with Crippen LogP contribution in [0.4, 0.5) is 5.69 Å². The second-order valence-electron chi connectivity index (χ2n) is 6.23. The number of aryl methyl sites for hydroxylation is 1. The normalized spacial score (nSPS) is 17.8. The summed E-state index contributed by atoms with van der Waals surface area (Å²) in [6, 6.07) is 5.64. The van der Waals surface area contributed by atoms with Gasteiger partial charge in [-0.05, 0) is 29.5 Å². The van der Waals surface area contributed by atoms with Crippen molar-refractivity contribution >= 4 is 28.9 Å². The Kier molecular flexibility index (Phi) is 4.52. The maximum atomic E-state index is 12.1. The Labute approximate surface area is 130 Å². The number of nitrogens with one attached hydrogen (secondary N) is 1. The molecule has 112 valence electrons. The molecule has 0 saturated heterocycles. The van der Waals surface area contributed by atoms with Crippen LogP contribution in [-0.4, -0.2) is 11.6 Å². The number of hydrogen-bond donors (Lipinski definition) is 1. The zero-order valence-electron chi connectivity index (χ0n) is 12.6. The molecule has 1 aliphatic rings. The monoisotopic (exact) mass is 305 g/mol. The Morgan fingerprint density at radius 1 is 1.24 bits per heavy atom. The lowest BCUT2D eigenvalue weighted by molar-refractivity contribution is -0.127. The van der Waals surface area contributed by atoms with Crippen molar-refractivity contribution in [1.82, 2.24) is 0 Å². The van der Waals surface area contributed by atoms with E-state index in [9.17, 15) is 9.59 Å². The summed E-state index contributed by atoms with van der Waals surface area (Å²) in [5.74, 6) is -0.194. The number of ketones is 2. The van der Waals surface area contributed by atoms with Crippen molar-refractivity contribution < 1.29 is 9.59 Å². The number of Topliss-reactive ketones (excluding diaryl/α,β-unsaturated/α-hetero) is 2. The summed E-state index contributed by atoms with van der Waals surface area (Å²) < 4.78 is 0. The van der Waals surface area contributed by atoms with Crippen LogP contribution in [0, 0.1) is 5.41 Å². The highest BCUT2D eigenvalue weighted by Gasteiger charge is 2.35. The third-order valence-electron chi connectivity index (χ3n) is 3.70. The van der Waals surface area contributed by atoms with Gasteiger partial charge >= 0.3 is 0 Å². The van der Waals surface area contributed by atoms with Crippen LogP contribution < -0.4 is 5.32 Å². The van der Waals surface area contributed by atoms with Crippen LogP contribution in [0.15, 0.2) is 30.0 Å². The van der Waals surface area contributed by atoms with Gasteiger partial charge in [0.2, 0.25) is 0 Å². The molecule has 1 N–H and O–H groups in total. The van der Waals surface area contributed by atoms with E-state index in [0.717, 1.165) is 17.7 Å². The average molecular weight is 306 g/mol. The number of rotatable bonds is 3. The van der Waals surface area contributed by atoms with Crippen LogP contribution in [0.2, 0.25) is 5.02 Å². The highest BCUT2D eigenvalue weighted by atomic mass is 35.5. The van der Waals surface area contributed by atoms with Crippen LogP contribution in [0.5, 0.6) is 0 Å². The molecule has 1 aromatic rings. The first-order valence-corrected chi connectivity index (χ1v) is 7.52. The third-order valence-corrected chi connectivity index (χ3v) is 4.05. The van der Waals surface area contributed by atoms with Gasteiger partial charge in [0.1, 0.15) is 0 Å². The molecule has 0 heterocycles. The molecule has 3 nitrogen and oxygen atoms in total. The predicted molar refractivity (Wildman–Crippen MR) is 85.6 cm³/mol. The minimum atomic E-state index is -0.239. The number of allylic oxidation sites excluding steroid dienone is 1. The van der Waals surface area contributed by atoms with Gasteiger partial charge in [-0.3, -0.25) is 9.59 Å². The molecule has 0 atom stereocenters. The number of halogens is 1. The quantitative estimate of drug-likeness (QED) is 0.674. The summed E-state index contributed by atoms with van der Waals surface area (Å²) in [5.41, 5.74) is 1.86. The summed E-state index contributed by atoms with van der Waals surface area (Å²) in [4.78, 5) is 24.1. The predicted octanol–water partition coefficient (Wildman–Crippen LogP) is 4.16. The zero-order valence-corrected chi connectivity index (χ0v) is 13.4. The maximum Gasteiger partial charge on any atom is 0.168 e. The molecule has 0 spiro atoms. The Morgan fingerprint density at radius 2 is 1.86 bits per heavy atom. The molecule has 1 aliphatic carbocycles. The van der Waals surface area contributed by atoms with E-state index in [1.54, 1.807) is 6.07 Å². The second-order valence-corrected chi connectivity index (χ2v) is 6.63. The SMILES string of the molecule is CCc1ccc(NC=C2C(=O)CC(C)(C)CC2=O)cc1Cl. The van der Waals surface area contributed by atoms with E-state index in [2.05, 4.69) is 5.32 Å². The first-order chi connectivity index (χ1) is 9.82. The standard InChI is InChI=1S/C17H20ClNO2/c1-4-11-5-6-12(7-14(11)18)19-10-13-15(20)8-17(2,3)9-16(13)21/h5-7,10,19H,4,8-9H2,1-3H3. The molecule has 0 amide bonds. The van der Waals surface area contributed by atoms with Crippen molar-refractivity contribution in [3.63, 3.8) is 0 Å². The van der Waals surface area contributed by atoms with E-state index in [1.807, 2.05) is 32.9 Å². The minimum absolute atomic E-state index is 0.0972. The maximum absolute atomic E-state index is 12.1. The molecule has 1 fully saturated rings. The van der Waals surface area contributed by atoms with Gasteiger partial charge in [-0.2, -0.15) is 0 Å². The van der Waals surface area contributed by atoms with Gasteiger partial charge in [0.25, 0.3) is 0 Å². The molecule has 0 bridgehead atoms. The zero-order chi connectivity index (χ0) is 15.6. The number of anilines is 1. The topological polar surface area (TPSA) is 46.2 Å². The van der Waals surface area contributed by atoms with Crippen LogP contribution in [0.3, 0.4) is 0 Å². The van der Waals surface area contributed by atoms with Crippen molar-refractivity contribution in [3.05, 3.63) is 40.6 Å². The van der Waals surface area contributed by atoms with E-state index in [4.69, 9.17) is 11.6 Å². The number of hydrogen-bond acceptors (Lipinski definition) is 3. The minimum Gasteiger partial charge on any atom is -0.361 e. The summed E-state index contributed by atoms with van der Waals surface area (Å²) in [7, 11) is 0. The van der Waals surface area contributed by atoms with Crippen molar-refractivity contribution in [2.75, 3.05) is 5.32 Å². The van der Waals surface area contributed by atoms with E-state index in [-0.39, 0.29) is 22.6 Å². The lowest BCUT2D eigenvalue weighted by atomic mass is 9.74. The van der Waals surface area contributed by atoms with E-state index < -0.39 is 0 Å². The van der Waals surface area contributed by atoms with Crippen molar-refractivity contribution in [1.29, 1.82) is 0 Å². The highest BCUT2D eigenvalue weighted by molar-refractivity contribution is 6.31. The number of carbonyl (C=O) groups is 2. The highest BCUT2D eigenvalue weighted by Crippen LogP contribution is 2.33. The van der Waals surface area contributed by atoms with E-state index >= 15 is 0 Å². The number of carbonyl (C=O) groups excluding carboxylic acids is 2. The molecule has 0 aromatic heterocycles. The molecule has 1 saturated carbocycles. The molecular weight excluding hydrogens is 286 g/mol. The van der Waals surface area contributed by atoms with Gasteiger partial charge in [0, 0.05) is 29.8 Å². The Bertz CT molecular complexity index is 595. The van der Waals surface area contributed by atoms with E-state index in [1.165, 1.54) is 6.20 Å². The molecule has 4 heteroatoms. The summed E-state index contributed by atoms with van der Waals surface area (Å²) in [5, 5.41) is 3.69. The molecule has 1 aromatic carbocycles.